The van der Waals surface area contributed by atoms with Gasteiger partial charge in [-0.3, -0.25) is 0 Å². The van der Waals surface area contributed by atoms with E-state index in [4.69, 9.17) is 44.3 Å². The minimum atomic E-state index is -2.72. The van der Waals surface area contributed by atoms with Crippen molar-refractivity contribution in [3.8, 4) is 0 Å². The van der Waals surface area contributed by atoms with Crippen molar-refractivity contribution in [2.24, 2.45) is 0 Å². The number of rotatable bonds is 0. The van der Waals surface area contributed by atoms with E-state index in [9.17, 15) is 0 Å². The van der Waals surface area contributed by atoms with Gasteiger partial charge in [0.2, 0.25) is 0 Å². The molecule has 0 amide bonds. The topological polar surface area (TPSA) is 0 Å². The summed E-state index contributed by atoms with van der Waals surface area (Å²) in [7, 11) is 8.22. The number of hydrogen-bond donors (Lipinski definition) is 0. The quantitative estimate of drug-likeness (QED) is 0.307. The predicted molar refractivity (Wildman–Crippen MR) is 46.4 cm³/mol. The van der Waals surface area contributed by atoms with Gasteiger partial charge in [-0.15, -0.1) is 44.3 Å². The molecule has 0 aliphatic heterocycles. The summed E-state index contributed by atoms with van der Waals surface area (Å²) >= 11 is 19.9. The Labute approximate surface area is 200 Å². The van der Waals surface area contributed by atoms with E-state index in [-0.39, 0.29) is 133 Å². The van der Waals surface area contributed by atoms with Crippen LogP contribution in [0.3, 0.4) is 0 Å². The molecule has 0 aromatic rings. The number of halogens is 7. The van der Waals surface area contributed by atoms with E-state index in [1.807, 2.05) is 0 Å². The summed E-state index contributed by atoms with van der Waals surface area (Å²) in [6, 6.07) is 0. The van der Waals surface area contributed by atoms with Gasteiger partial charge in [0, 0.05) is 21.7 Å². The maximum Gasteiger partial charge on any atom is 1.00 e. The molecule has 0 N–H and O–H groups in total. The molecule has 0 aromatic heterocycles. The van der Waals surface area contributed by atoms with Crippen LogP contribution in [0, 0.1) is 0 Å². The molecular formula is H5Cl7Li6Si. The van der Waals surface area contributed by atoms with Crippen LogP contribution >= 0.6 is 66.0 Å². The molecule has 0 radical (unpaired) electrons. The second-order valence-electron chi connectivity index (χ2n) is 0.429. The molecular weight excluding hydrogens is 318 g/mol. The zero-order chi connectivity index (χ0) is 6.50. The van der Waals surface area contributed by atoms with Crippen LogP contribution in [-0.4, -0.2) is 5.31 Å². The second-order valence-corrected chi connectivity index (χ2v) is 11.6. The van der Waals surface area contributed by atoms with E-state index < -0.39 is 5.31 Å². The normalized spacial score (nSPS) is 4.71. The summed E-state index contributed by atoms with van der Waals surface area (Å²) in [4.78, 5) is 0. The summed E-state index contributed by atoms with van der Waals surface area (Å²) in [5.74, 6) is 0. The molecule has 0 fully saturated rings. The monoisotopic (exact) mass is 320 g/mol. The molecule has 0 heterocycles. The molecule has 0 rings (SSSR count). The van der Waals surface area contributed by atoms with E-state index in [0.29, 0.717) is 0 Å². The molecule has 0 saturated heterocycles. The molecule has 0 aliphatic rings. The summed E-state index contributed by atoms with van der Waals surface area (Å²) in [6.07, 6.45) is 0. The fourth-order valence-corrected chi connectivity index (χ4v) is 0. The molecule has 0 nitrogen and oxygen atoms in total. The standard InChI is InChI=1S/Cl4Si.Cl2.ClH.6Li.5H/c1-5(2,3)4;1-2;;;;;;;;;;;;/h;;1H;;;;;;;;;;;/q;;;6*+1;5*-1/p-1. The third-order valence-corrected chi connectivity index (χ3v) is 0. The van der Waals surface area contributed by atoms with E-state index in [2.05, 4.69) is 21.7 Å². The van der Waals surface area contributed by atoms with Crippen molar-refractivity contribution in [1.82, 2.24) is 0 Å². The Morgan fingerprint density at radius 2 is 0.571 bits per heavy atom. The molecule has 0 bridgehead atoms. The zero-order valence-corrected chi connectivity index (χ0v) is 15.4. The van der Waals surface area contributed by atoms with E-state index in [1.54, 1.807) is 0 Å². The minimum absolute atomic E-state index is 0. The fraction of sp³-hybridized carbons (Fsp3) is 0. The predicted octanol–water partition coefficient (Wildman–Crippen LogP) is -16.7. The van der Waals surface area contributed by atoms with Crippen LogP contribution in [0.5, 0.6) is 0 Å². The van der Waals surface area contributed by atoms with Gasteiger partial charge in [-0.25, -0.2) is 0 Å². The van der Waals surface area contributed by atoms with Gasteiger partial charge in [0.25, 0.3) is 0 Å². The fourth-order valence-electron chi connectivity index (χ4n) is 0. The average molecular weight is 323 g/mol. The van der Waals surface area contributed by atoms with Crippen LogP contribution < -0.4 is 126 Å². The average Bonchev–Trinajstić information content (AvgIpc) is 1.36. The van der Waals surface area contributed by atoms with Crippen molar-refractivity contribution in [2.75, 3.05) is 0 Å². The first-order valence-corrected chi connectivity index (χ1v) is 8.09. The Balaban J connectivity index is -0.00000000144. The maximum atomic E-state index is 4.97. The molecule has 0 spiro atoms. The van der Waals surface area contributed by atoms with Gasteiger partial charge < -0.3 is 19.5 Å². The van der Waals surface area contributed by atoms with E-state index in [0.717, 1.165) is 0 Å². The van der Waals surface area contributed by atoms with Gasteiger partial charge in [-0.05, 0) is 0 Å². The summed E-state index contributed by atoms with van der Waals surface area (Å²) in [5, 5.41) is -2.72. The van der Waals surface area contributed by atoms with Gasteiger partial charge in [0.05, 0.1) is 0 Å². The van der Waals surface area contributed by atoms with Crippen molar-refractivity contribution in [2.45, 2.75) is 0 Å². The Bertz CT molecular complexity index is 49.4. The molecule has 0 aromatic carbocycles. The third kappa shape index (κ3) is 149. The van der Waals surface area contributed by atoms with Crippen molar-refractivity contribution < 1.29 is 133 Å². The summed E-state index contributed by atoms with van der Waals surface area (Å²) in [6.45, 7) is 0. The van der Waals surface area contributed by atoms with Gasteiger partial charge in [-0.2, -0.15) is 0 Å². The molecule has 0 saturated carbocycles. The van der Waals surface area contributed by atoms with Crippen molar-refractivity contribution in [3.05, 3.63) is 0 Å². The number of hydrogen-bond acceptors (Lipinski definition) is 0. The van der Waals surface area contributed by atoms with Crippen LogP contribution in [0.15, 0.2) is 0 Å². The summed E-state index contributed by atoms with van der Waals surface area (Å²) < 4.78 is 0. The van der Waals surface area contributed by atoms with Gasteiger partial charge in [-0.1, -0.05) is 0 Å². The first-order chi connectivity index (χ1) is 3.00. The molecule has 64 valence electrons. The molecule has 14 heteroatoms. The minimum Gasteiger partial charge on any atom is -1.00 e. The molecule has 0 atom stereocenters. The van der Waals surface area contributed by atoms with Gasteiger partial charge in [0.15, 0.2) is 0 Å². The van der Waals surface area contributed by atoms with E-state index in [1.165, 1.54) is 0 Å². The van der Waals surface area contributed by atoms with Crippen LogP contribution in [-0.2, 0) is 0 Å². The SMILES string of the molecule is ClCl.Cl[Si](Cl)(Cl)Cl.[Cl-].[H-].[H-].[H-].[H-].[H-].[Li+].[Li+].[Li+].[Li+].[Li+].[Li+]. The second kappa shape index (κ2) is 42.8. The van der Waals surface area contributed by atoms with Crippen molar-refractivity contribution in [3.63, 3.8) is 0 Å². The Hall–Kier alpha value is 5.83. The van der Waals surface area contributed by atoms with Crippen LogP contribution in [0.4, 0.5) is 0 Å². The molecule has 0 aliphatic carbocycles. The summed E-state index contributed by atoms with van der Waals surface area (Å²) in [5.41, 5.74) is 0. The first-order valence-electron chi connectivity index (χ1n) is 0.899. The Kier molecular flexibility index (Phi) is 183. The van der Waals surface area contributed by atoms with Crippen LogP contribution in [0.2, 0.25) is 0 Å². The Morgan fingerprint density at radius 1 is 0.571 bits per heavy atom. The van der Waals surface area contributed by atoms with Crippen molar-refractivity contribution >= 4 is 71.3 Å². The van der Waals surface area contributed by atoms with E-state index >= 15 is 0 Å². The maximum absolute atomic E-state index is 4.97. The van der Waals surface area contributed by atoms with Crippen LogP contribution in [0.1, 0.15) is 7.13 Å². The van der Waals surface area contributed by atoms with Gasteiger partial charge in [0.1, 0.15) is 0 Å². The Morgan fingerprint density at radius 3 is 0.571 bits per heavy atom. The first kappa shape index (κ1) is 59.9. The zero-order valence-electron chi connectivity index (χ0n) is 14.1. The molecule has 0 unspecified atom stereocenters. The van der Waals surface area contributed by atoms with Crippen LogP contribution in [0.25, 0.3) is 0 Å². The smallest absolute Gasteiger partial charge is 1.00 e. The third-order valence-electron chi connectivity index (χ3n) is 0. The van der Waals surface area contributed by atoms with Gasteiger partial charge >= 0.3 is 118 Å². The van der Waals surface area contributed by atoms with Crippen molar-refractivity contribution in [1.29, 1.82) is 0 Å². The molecule has 14 heavy (non-hydrogen) atoms. The largest absolute Gasteiger partial charge is 1.00 e.